The smallest absolute Gasteiger partial charge is 0.191 e. The Bertz CT molecular complexity index is 562. The molecule has 0 radical (unpaired) electrons. The average molecular weight is 397 g/mol. The van der Waals surface area contributed by atoms with Gasteiger partial charge in [-0.25, -0.2) is 4.68 Å². The van der Waals surface area contributed by atoms with E-state index in [-0.39, 0.29) is 24.0 Å². The minimum Gasteiger partial charge on any atom is -0.356 e. The van der Waals surface area contributed by atoms with Crippen LogP contribution in [0.1, 0.15) is 12.0 Å². The predicted octanol–water partition coefficient (Wildman–Crippen LogP) is 1.97. The molecule has 0 atom stereocenters. The number of nitrogens with one attached hydrogen (secondary N) is 2. The largest absolute Gasteiger partial charge is 0.356 e. The van der Waals surface area contributed by atoms with Gasteiger partial charge in [0.1, 0.15) is 0 Å². The number of hydrogen-bond donors (Lipinski definition) is 2. The van der Waals surface area contributed by atoms with Crippen LogP contribution < -0.4 is 10.6 Å². The molecule has 1 aromatic heterocycles. The summed E-state index contributed by atoms with van der Waals surface area (Å²) in [6, 6.07) is 10.4. The zero-order valence-corrected chi connectivity index (χ0v) is 14.2. The molecular formula is C15H20IN5. The van der Waals surface area contributed by atoms with Crippen LogP contribution in [0.5, 0.6) is 0 Å². The first kappa shape index (κ1) is 15.8. The maximum atomic E-state index is 4.39. The summed E-state index contributed by atoms with van der Waals surface area (Å²) in [6.07, 6.45) is 5.85. The molecule has 5 nitrogen and oxygen atoms in total. The summed E-state index contributed by atoms with van der Waals surface area (Å²) >= 11 is 0. The van der Waals surface area contributed by atoms with Crippen molar-refractivity contribution in [1.29, 1.82) is 0 Å². The van der Waals surface area contributed by atoms with Crippen LogP contribution in [0.15, 0.2) is 47.7 Å². The van der Waals surface area contributed by atoms with Crippen molar-refractivity contribution in [3.05, 3.63) is 48.3 Å². The molecule has 0 saturated carbocycles. The van der Waals surface area contributed by atoms with Gasteiger partial charge in [-0.2, -0.15) is 5.10 Å². The van der Waals surface area contributed by atoms with Crippen molar-refractivity contribution in [2.24, 2.45) is 4.99 Å². The van der Waals surface area contributed by atoms with E-state index < -0.39 is 0 Å². The van der Waals surface area contributed by atoms with Gasteiger partial charge in [-0.05, 0) is 36.6 Å². The lowest BCUT2D eigenvalue weighted by atomic mass is 10.1. The Morgan fingerprint density at radius 1 is 1.24 bits per heavy atom. The summed E-state index contributed by atoms with van der Waals surface area (Å²) < 4.78 is 1.86. The van der Waals surface area contributed by atoms with Crippen molar-refractivity contribution >= 4 is 29.9 Å². The van der Waals surface area contributed by atoms with E-state index in [2.05, 4.69) is 45.0 Å². The lowest BCUT2D eigenvalue weighted by Gasteiger charge is -2.15. The second kappa shape index (κ2) is 8.02. The van der Waals surface area contributed by atoms with E-state index in [1.165, 1.54) is 5.56 Å². The van der Waals surface area contributed by atoms with Gasteiger partial charge >= 0.3 is 0 Å². The first-order chi connectivity index (χ1) is 9.92. The number of rotatable bonds is 4. The third-order valence-electron chi connectivity index (χ3n) is 3.31. The van der Waals surface area contributed by atoms with Crippen LogP contribution in [0.3, 0.4) is 0 Å². The SMILES string of the molecule is I.c1cnn(-c2ccc(CCNC3=NCCCN3)cc2)c1. The summed E-state index contributed by atoms with van der Waals surface area (Å²) in [5, 5.41) is 10.8. The molecular weight excluding hydrogens is 377 g/mol. The number of aliphatic imine (C=N–C) groups is 1. The maximum Gasteiger partial charge on any atom is 0.191 e. The molecule has 2 aromatic rings. The molecule has 0 amide bonds. The van der Waals surface area contributed by atoms with Gasteiger partial charge < -0.3 is 10.6 Å². The van der Waals surface area contributed by atoms with Gasteiger partial charge in [-0.3, -0.25) is 4.99 Å². The van der Waals surface area contributed by atoms with Crippen molar-refractivity contribution in [3.63, 3.8) is 0 Å². The lowest BCUT2D eigenvalue weighted by molar-refractivity contribution is 0.700. The highest BCUT2D eigenvalue weighted by Crippen LogP contribution is 2.08. The molecule has 0 aliphatic carbocycles. The summed E-state index contributed by atoms with van der Waals surface area (Å²) in [7, 11) is 0. The zero-order valence-electron chi connectivity index (χ0n) is 11.8. The molecule has 2 heterocycles. The van der Waals surface area contributed by atoms with Gasteiger partial charge in [-0.15, -0.1) is 24.0 Å². The van der Waals surface area contributed by atoms with Gasteiger partial charge in [0.25, 0.3) is 0 Å². The quantitative estimate of drug-likeness (QED) is 0.776. The van der Waals surface area contributed by atoms with Crippen molar-refractivity contribution < 1.29 is 0 Å². The molecule has 1 aliphatic rings. The van der Waals surface area contributed by atoms with Gasteiger partial charge in [0.2, 0.25) is 0 Å². The van der Waals surface area contributed by atoms with E-state index in [0.29, 0.717) is 0 Å². The number of hydrogen-bond acceptors (Lipinski definition) is 4. The normalized spacial score (nSPS) is 13.8. The van der Waals surface area contributed by atoms with Gasteiger partial charge in [0.05, 0.1) is 5.69 Å². The monoisotopic (exact) mass is 397 g/mol. The molecule has 1 aliphatic heterocycles. The number of halogens is 1. The minimum absolute atomic E-state index is 0. The zero-order chi connectivity index (χ0) is 13.6. The van der Waals surface area contributed by atoms with Crippen LogP contribution in [-0.4, -0.2) is 35.4 Å². The summed E-state index contributed by atoms with van der Waals surface area (Å²) in [5.41, 5.74) is 2.40. The van der Waals surface area contributed by atoms with Crippen molar-refractivity contribution in [3.8, 4) is 5.69 Å². The molecule has 0 spiro atoms. The number of aromatic nitrogens is 2. The van der Waals surface area contributed by atoms with Crippen molar-refractivity contribution in [1.82, 2.24) is 20.4 Å². The van der Waals surface area contributed by atoms with Crippen LogP contribution in [0.2, 0.25) is 0 Å². The molecule has 0 unspecified atom stereocenters. The second-order valence-electron chi connectivity index (χ2n) is 4.80. The Hall–Kier alpha value is -1.57. The highest BCUT2D eigenvalue weighted by molar-refractivity contribution is 14.0. The highest BCUT2D eigenvalue weighted by Gasteiger charge is 2.02. The van der Waals surface area contributed by atoms with Gasteiger partial charge in [0.15, 0.2) is 5.96 Å². The molecule has 2 N–H and O–H groups in total. The van der Waals surface area contributed by atoms with Crippen LogP contribution in [0, 0.1) is 0 Å². The molecule has 6 heteroatoms. The molecule has 1 aromatic carbocycles. The van der Waals surface area contributed by atoms with E-state index in [4.69, 9.17) is 0 Å². The number of guanidine groups is 1. The van der Waals surface area contributed by atoms with E-state index in [9.17, 15) is 0 Å². The standard InChI is InChI=1S/C15H19N5.HI/c1-8-16-15(17-9-1)18-11-7-13-3-5-14(6-4-13)20-12-2-10-19-20;/h2-6,10,12H,1,7-9,11H2,(H2,16,17,18);1H. The molecule has 0 bridgehead atoms. The van der Waals surface area contributed by atoms with Gasteiger partial charge in [-0.1, -0.05) is 12.1 Å². The van der Waals surface area contributed by atoms with E-state index in [1.54, 1.807) is 6.20 Å². The van der Waals surface area contributed by atoms with Crippen molar-refractivity contribution in [2.45, 2.75) is 12.8 Å². The fraction of sp³-hybridized carbons (Fsp3) is 0.333. The Kier molecular flexibility index (Phi) is 6.04. The summed E-state index contributed by atoms with van der Waals surface area (Å²) in [5.74, 6) is 0.935. The third kappa shape index (κ3) is 4.45. The highest BCUT2D eigenvalue weighted by atomic mass is 127. The predicted molar refractivity (Wildman–Crippen MR) is 95.6 cm³/mol. The molecule has 3 rings (SSSR count). The summed E-state index contributed by atoms with van der Waals surface area (Å²) in [4.78, 5) is 4.39. The lowest BCUT2D eigenvalue weighted by Crippen LogP contribution is -2.41. The second-order valence-corrected chi connectivity index (χ2v) is 4.80. The molecule has 112 valence electrons. The van der Waals surface area contributed by atoms with Crippen LogP contribution in [-0.2, 0) is 6.42 Å². The number of nitrogens with zero attached hydrogens (tertiary/aromatic N) is 3. The van der Waals surface area contributed by atoms with Crippen LogP contribution >= 0.6 is 24.0 Å². The van der Waals surface area contributed by atoms with Crippen LogP contribution in [0.4, 0.5) is 0 Å². The first-order valence-corrected chi connectivity index (χ1v) is 7.03. The summed E-state index contributed by atoms with van der Waals surface area (Å²) in [6.45, 7) is 2.84. The molecule has 0 fully saturated rings. The van der Waals surface area contributed by atoms with E-state index >= 15 is 0 Å². The van der Waals surface area contributed by atoms with E-state index in [0.717, 1.165) is 44.1 Å². The minimum atomic E-state index is 0. The van der Waals surface area contributed by atoms with Gasteiger partial charge in [0, 0.05) is 32.0 Å². The Morgan fingerprint density at radius 2 is 2.10 bits per heavy atom. The fourth-order valence-corrected chi connectivity index (χ4v) is 2.21. The van der Waals surface area contributed by atoms with E-state index in [1.807, 2.05) is 16.9 Å². The fourth-order valence-electron chi connectivity index (χ4n) is 2.21. The molecule has 0 saturated heterocycles. The first-order valence-electron chi connectivity index (χ1n) is 7.03. The average Bonchev–Trinajstić information content (AvgIpc) is 3.03. The van der Waals surface area contributed by atoms with Crippen LogP contribution in [0.25, 0.3) is 5.69 Å². The third-order valence-corrected chi connectivity index (χ3v) is 3.31. The Morgan fingerprint density at radius 3 is 2.76 bits per heavy atom. The topological polar surface area (TPSA) is 54.2 Å². The molecule has 21 heavy (non-hydrogen) atoms. The van der Waals surface area contributed by atoms with Crippen molar-refractivity contribution in [2.75, 3.05) is 19.6 Å². The maximum absolute atomic E-state index is 4.39. The number of benzene rings is 1. The Labute approximate surface area is 141 Å². The Balaban J connectivity index is 0.00000161.